The SMILES string of the molecule is Cn1ccc(Nc2ncc([N+](=O)[O-])cn2)n1. The first-order valence-corrected chi connectivity index (χ1v) is 4.38. The maximum absolute atomic E-state index is 10.4. The van der Waals surface area contributed by atoms with E-state index in [1.165, 1.54) is 0 Å². The van der Waals surface area contributed by atoms with Gasteiger partial charge in [0.25, 0.3) is 0 Å². The van der Waals surface area contributed by atoms with E-state index in [4.69, 9.17) is 0 Å². The molecule has 0 aliphatic heterocycles. The maximum Gasteiger partial charge on any atom is 0.305 e. The van der Waals surface area contributed by atoms with E-state index in [0.29, 0.717) is 5.82 Å². The van der Waals surface area contributed by atoms with Crippen molar-refractivity contribution >= 4 is 17.5 Å². The molecule has 0 bridgehead atoms. The summed E-state index contributed by atoms with van der Waals surface area (Å²) in [7, 11) is 1.78. The van der Waals surface area contributed by atoms with Crippen molar-refractivity contribution in [2.24, 2.45) is 7.05 Å². The van der Waals surface area contributed by atoms with Crippen molar-refractivity contribution < 1.29 is 4.92 Å². The molecule has 0 unspecified atom stereocenters. The van der Waals surface area contributed by atoms with Crippen LogP contribution < -0.4 is 5.32 Å². The van der Waals surface area contributed by atoms with Crippen molar-refractivity contribution in [3.63, 3.8) is 0 Å². The zero-order chi connectivity index (χ0) is 11.5. The van der Waals surface area contributed by atoms with E-state index in [0.717, 1.165) is 12.4 Å². The van der Waals surface area contributed by atoms with Crippen molar-refractivity contribution in [1.29, 1.82) is 0 Å². The molecular formula is C8H8N6O2. The highest BCUT2D eigenvalue weighted by Gasteiger charge is 2.07. The molecule has 2 aromatic heterocycles. The number of nitro groups is 1. The Labute approximate surface area is 90.1 Å². The van der Waals surface area contributed by atoms with Gasteiger partial charge in [-0.1, -0.05) is 0 Å². The molecule has 0 atom stereocenters. The minimum atomic E-state index is -0.551. The van der Waals surface area contributed by atoms with E-state index >= 15 is 0 Å². The summed E-state index contributed by atoms with van der Waals surface area (Å²) in [5.74, 6) is 0.848. The molecule has 1 N–H and O–H groups in total. The smallest absolute Gasteiger partial charge is 0.305 e. The van der Waals surface area contributed by atoms with Crippen LogP contribution in [-0.4, -0.2) is 24.7 Å². The number of anilines is 2. The molecule has 0 aromatic carbocycles. The molecule has 0 amide bonds. The molecule has 2 rings (SSSR count). The second kappa shape index (κ2) is 3.93. The second-order valence-electron chi connectivity index (χ2n) is 3.02. The Kier molecular flexibility index (Phi) is 2.46. The highest BCUT2D eigenvalue weighted by molar-refractivity contribution is 5.46. The molecule has 0 radical (unpaired) electrons. The Hall–Kier alpha value is -2.51. The van der Waals surface area contributed by atoms with Crippen LogP contribution in [0.5, 0.6) is 0 Å². The summed E-state index contributed by atoms with van der Waals surface area (Å²) in [6.07, 6.45) is 4.03. The Morgan fingerprint density at radius 3 is 2.62 bits per heavy atom. The fourth-order valence-electron chi connectivity index (χ4n) is 1.08. The number of hydrogen-bond donors (Lipinski definition) is 1. The molecule has 82 valence electrons. The lowest BCUT2D eigenvalue weighted by Crippen LogP contribution is -1.99. The van der Waals surface area contributed by atoms with Crippen LogP contribution in [0.1, 0.15) is 0 Å². The van der Waals surface area contributed by atoms with Gasteiger partial charge in [-0.25, -0.2) is 9.97 Å². The predicted octanol–water partition coefficient (Wildman–Crippen LogP) is 0.862. The minimum Gasteiger partial charge on any atom is -0.307 e. The Morgan fingerprint density at radius 1 is 1.44 bits per heavy atom. The molecule has 0 saturated heterocycles. The highest BCUT2D eigenvalue weighted by atomic mass is 16.6. The van der Waals surface area contributed by atoms with Crippen LogP contribution in [0.2, 0.25) is 0 Å². The molecule has 16 heavy (non-hydrogen) atoms. The van der Waals surface area contributed by atoms with Crippen molar-refractivity contribution in [2.75, 3.05) is 5.32 Å². The summed E-state index contributed by atoms with van der Waals surface area (Å²) in [6, 6.07) is 1.74. The van der Waals surface area contributed by atoms with Gasteiger partial charge in [0.2, 0.25) is 5.95 Å². The van der Waals surface area contributed by atoms with E-state index in [-0.39, 0.29) is 11.6 Å². The summed E-state index contributed by atoms with van der Waals surface area (Å²) < 4.78 is 1.62. The van der Waals surface area contributed by atoms with Crippen LogP contribution in [0.4, 0.5) is 17.5 Å². The van der Waals surface area contributed by atoms with Crippen molar-refractivity contribution in [3.8, 4) is 0 Å². The van der Waals surface area contributed by atoms with Gasteiger partial charge < -0.3 is 5.32 Å². The van der Waals surface area contributed by atoms with E-state index in [1.54, 1.807) is 24.0 Å². The third-order valence-electron chi connectivity index (χ3n) is 1.80. The van der Waals surface area contributed by atoms with Crippen molar-refractivity contribution in [2.45, 2.75) is 0 Å². The standard InChI is InChI=1S/C8H8N6O2/c1-13-3-2-7(12-13)11-8-9-4-6(5-10-8)14(15)16/h2-5H,1H3,(H,9,10,11,12). The topological polar surface area (TPSA) is 98.8 Å². The van der Waals surface area contributed by atoms with Crippen LogP contribution in [0.25, 0.3) is 0 Å². The van der Waals surface area contributed by atoms with Gasteiger partial charge in [-0.2, -0.15) is 5.10 Å². The normalized spacial score (nSPS) is 10.1. The van der Waals surface area contributed by atoms with Gasteiger partial charge in [-0.15, -0.1) is 0 Å². The largest absolute Gasteiger partial charge is 0.307 e. The lowest BCUT2D eigenvalue weighted by molar-refractivity contribution is -0.385. The number of aryl methyl sites for hydroxylation is 1. The van der Waals surface area contributed by atoms with Crippen LogP contribution in [-0.2, 0) is 7.05 Å². The zero-order valence-electron chi connectivity index (χ0n) is 8.36. The van der Waals surface area contributed by atoms with Gasteiger partial charge in [-0.05, 0) is 0 Å². The number of hydrogen-bond acceptors (Lipinski definition) is 6. The first-order chi connectivity index (χ1) is 7.65. The molecule has 8 heteroatoms. The number of nitrogens with one attached hydrogen (secondary N) is 1. The van der Waals surface area contributed by atoms with Gasteiger partial charge in [-0.3, -0.25) is 14.8 Å². The molecule has 8 nitrogen and oxygen atoms in total. The highest BCUT2D eigenvalue weighted by Crippen LogP contribution is 2.11. The average Bonchev–Trinajstić information content (AvgIpc) is 2.65. The summed E-state index contributed by atoms with van der Waals surface area (Å²) >= 11 is 0. The molecule has 0 aliphatic carbocycles. The minimum absolute atomic E-state index is 0.147. The predicted molar refractivity (Wildman–Crippen MR) is 55.2 cm³/mol. The summed E-state index contributed by atoms with van der Waals surface area (Å²) in [5, 5.41) is 17.2. The van der Waals surface area contributed by atoms with E-state index in [2.05, 4.69) is 20.4 Å². The number of rotatable bonds is 3. The quantitative estimate of drug-likeness (QED) is 0.608. The molecule has 2 heterocycles. The van der Waals surface area contributed by atoms with Gasteiger partial charge in [0.15, 0.2) is 5.82 Å². The van der Waals surface area contributed by atoms with E-state index in [9.17, 15) is 10.1 Å². The van der Waals surface area contributed by atoms with Crippen LogP contribution in [0.3, 0.4) is 0 Å². The van der Waals surface area contributed by atoms with Gasteiger partial charge in [0, 0.05) is 19.3 Å². The lowest BCUT2D eigenvalue weighted by atomic mass is 10.5. The van der Waals surface area contributed by atoms with Crippen LogP contribution >= 0.6 is 0 Å². The fraction of sp³-hybridized carbons (Fsp3) is 0.125. The van der Waals surface area contributed by atoms with Gasteiger partial charge in [0.1, 0.15) is 12.4 Å². The maximum atomic E-state index is 10.4. The molecule has 0 fully saturated rings. The third-order valence-corrected chi connectivity index (χ3v) is 1.80. The molecule has 0 aliphatic rings. The van der Waals surface area contributed by atoms with Gasteiger partial charge in [0.05, 0.1) is 4.92 Å². The van der Waals surface area contributed by atoms with E-state index in [1.807, 2.05) is 0 Å². The number of nitrogens with zero attached hydrogens (tertiary/aromatic N) is 5. The molecule has 0 saturated carbocycles. The molecule has 0 spiro atoms. The van der Waals surface area contributed by atoms with Gasteiger partial charge >= 0.3 is 5.69 Å². The Balaban J connectivity index is 2.14. The average molecular weight is 220 g/mol. The summed E-state index contributed by atoms with van der Waals surface area (Å²) in [4.78, 5) is 17.4. The van der Waals surface area contributed by atoms with Crippen LogP contribution in [0.15, 0.2) is 24.7 Å². The first-order valence-electron chi connectivity index (χ1n) is 4.38. The van der Waals surface area contributed by atoms with Crippen molar-refractivity contribution in [3.05, 3.63) is 34.8 Å². The summed E-state index contributed by atoms with van der Waals surface area (Å²) in [6.45, 7) is 0. The van der Waals surface area contributed by atoms with Crippen LogP contribution in [0, 0.1) is 10.1 Å². The fourth-order valence-corrected chi connectivity index (χ4v) is 1.08. The summed E-state index contributed by atoms with van der Waals surface area (Å²) in [5.41, 5.74) is -0.147. The zero-order valence-corrected chi connectivity index (χ0v) is 8.36. The molecule has 2 aromatic rings. The molecular weight excluding hydrogens is 212 g/mol. The first kappa shape index (κ1) is 10.0. The second-order valence-corrected chi connectivity index (χ2v) is 3.02. The van der Waals surface area contributed by atoms with E-state index < -0.39 is 4.92 Å². The Morgan fingerprint density at radius 2 is 2.12 bits per heavy atom. The number of aromatic nitrogens is 4. The van der Waals surface area contributed by atoms with Crippen molar-refractivity contribution in [1.82, 2.24) is 19.7 Å². The third kappa shape index (κ3) is 2.11. The Bertz CT molecular complexity index is 506. The monoisotopic (exact) mass is 220 g/mol. The lowest BCUT2D eigenvalue weighted by Gasteiger charge is -1.99.